The maximum absolute atomic E-state index is 12.8. The molecule has 6 heteroatoms. The minimum absolute atomic E-state index is 0.0541. The molecule has 1 fully saturated rings. The van der Waals surface area contributed by atoms with Crippen LogP contribution >= 0.6 is 0 Å². The van der Waals surface area contributed by atoms with Crippen LogP contribution in [-0.2, 0) is 4.79 Å². The van der Waals surface area contributed by atoms with Crippen molar-refractivity contribution < 1.29 is 14.6 Å². The van der Waals surface area contributed by atoms with Crippen LogP contribution in [0, 0.1) is 17.2 Å². The second-order valence-electron chi connectivity index (χ2n) is 7.60. The Bertz CT molecular complexity index is 710. The number of amides is 1. The monoisotopic (exact) mass is 343 g/mol. The Morgan fingerprint density at radius 2 is 2.24 bits per heavy atom. The van der Waals surface area contributed by atoms with Crippen LogP contribution in [0.15, 0.2) is 18.2 Å². The number of benzene rings is 1. The first-order valence-electron chi connectivity index (χ1n) is 8.72. The number of carbonyl (C=O) groups excluding carboxylic acids is 1. The van der Waals surface area contributed by atoms with Crippen molar-refractivity contribution >= 4 is 5.91 Å². The van der Waals surface area contributed by atoms with Crippen molar-refractivity contribution in [2.24, 2.45) is 5.92 Å². The molecule has 0 aliphatic carbocycles. The molecular formula is C19H25N3O3. The number of nitriles is 1. The van der Waals surface area contributed by atoms with Crippen LogP contribution in [0.5, 0.6) is 5.75 Å². The van der Waals surface area contributed by atoms with Crippen LogP contribution in [0.3, 0.4) is 0 Å². The third-order valence-corrected chi connectivity index (χ3v) is 5.17. The van der Waals surface area contributed by atoms with Gasteiger partial charge in [-0.2, -0.15) is 5.26 Å². The van der Waals surface area contributed by atoms with Gasteiger partial charge in [-0.15, -0.1) is 0 Å². The summed E-state index contributed by atoms with van der Waals surface area (Å²) in [4.78, 5) is 14.9. The molecule has 2 heterocycles. The van der Waals surface area contributed by atoms with E-state index in [9.17, 15) is 9.90 Å². The quantitative estimate of drug-likeness (QED) is 0.852. The topological polar surface area (TPSA) is 85.6 Å². The predicted octanol–water partition coefficient (Wildman–Crippen LogP) is 1.59. The zero-order valence-corrected chi connectivity index (χ0v) is 15.0. The summed E-state index contributed by atoms with van der Waals surface area (Å²) in [7, 11) is 2.01. The molecule has 2 N–H and O–H groups in total. The molecule has 3 unspecified atom stereocenters. The molecule has 1 aromatic carbocycles. The fraction of sp³-hybridized carbons (Fsp3) is 0.579. The number of piperidine rings is 1. The molecule has 2 aliphatic rings. The molecule has 134 valence electrons. The van der Waals surface area contributed by atoms with Crippen molar-refractivity contribution in [1.29, 1.82) is 5.26 Å². The fourth-order valence-corrected chi connectivity index (χ4v) is 3.68. The van der Waals surface area contributed by atoms with Crippen molar-refractivity contribution in [2.45, 2.75) is 44.4 Å². The van der Waals surface area contributed by atoms with E-state index in [-0.39, 0.29) is 11.8 Å². The number of rotatable bonds is 2. The lowest BCUT2D eigenvalue weighted by Crippen LogP contribution is -2.55. The Balaban J connectivity index is 1.88. The second-order valence-corrected chi connectivity index (χ2v) is 7.60. The minimum Gasteiger partial charge on any atom is -0.485 e. The van der Waals surface area contributed by atoms with Crippen molar-refractivity contribution in [3.63, 3.8) is 0 Å². The summed E-state index contributed by atoms with van der Waals surface area (Å²) in [6.45, 7) is 5.32. The first-order chi connectivity index (χ1) is 11.8. The molecule has 0 radical (unpaired) electrons. The largest absolute Gasteiger partial charge is 0.485 e. The maximum atomic E-state index is 12.8. The summed E-state index contributed by atoms with van der Waals surface area (Å²) in [5, 5.41) is 23.0. The van der Waals surface area contributed by atoms with E-state index >= 15 is 0 Å². The third kappa shape index (κ3) is 3.48. The van der Waals surface area contributed by atoms with Crippen molar-refractivity contribution in [2.75, 3.05) is 20.1 Å². The van der Waals surface area contributed by atoms with E-state index in [4.69, 9.17) is 10.00 Å². The number of aliphatic hydroxyl groups excluding tert-OH is 1. The van der Waals surface area contributed by atoms with Gasteiger partial charge in [-0.1, -0.05) is 0 Å². The lowest BCUT2D eigenvalue weighted by molar-refractivity contribution is -0.131. The van der Waals surface area contributed by atoms with Gasteiger partial charge in [0.2, 0.25) is 5.91 Å². The van der Waals surface area contributed by atoms with Crippen molar-refractivity contribution in [3.05, 3.63) is 29.3 Å². The predicted molar refractivity (Wildman–Crippen MR) is 93.0 cm³/mol. The molecule has 0 saturated carbocycles. The molecular weight excluding hydrogens is 318 g/mol. The highest BCUT2D eigenvalue weighted by molar-refractivity contribution is 5.79. The van der Waals surface area contributed by atoms with Gasteiger partial charge in [0, 0.05) is 12.1 Å². The molecule has 25 heavy (non-hydrogen) atoms. The second kappa shape index (κ2) is 6.66. The highest BCUT2D eigenvalue weighted by Gasteiger charge is 2.44. The Morgan fingerprint density at radius 3 is 2.92 bits per heavy atom. The summed E-state index contributed by atoms with van der Waals surface area (Å²) in [5.41, 5.74) is 0.303. The van der Waals surface area contributed by atoms with Crippen LogP contribution in [0.25, 0.3) is 0 Å². The van der Waals surface area contributed by atoms with Gasteiger partial charge in [-0.3, -0.25) is 4.79 Å². The first kappa shape index (κ1) is 17.7. The zero-order valence-electron chi connectivity index (χ0n) is 15.0. The van der Waals surface area contributed by atoms with Gasteiger partial charge in [-0.25, -0.2) is 0 Å². The fourth-order valence-electron chi connectivity index (χ4n) is 3.68. The van der Waals surface area contributed by atoms with Crippen LogP contribution in [-0.4, -0.2) is 47.8 Å². The Kier molecular flexibility index (Phi) is 4.72. The Hall–Kier alpha value is -2.10. The number of aliphatic hydroxyl groups is 1. The smallest absolute Gasteiger partial charge is 0.224 e. The van der Waals surface area contributed by atoms with Crippen LogP contribution in [0.1, 0.15) is 43.9 Å². The van der Waals surface area contributed by atoms with Crippen LogP contribution < -0.4 is 10.1 Å². The van der Waals surface area contributed by atoms with E-state index in [1.165, 1.54) is 0 Å². The third-order valence-electron chi connectivity index (χ3n) is 5.17. The van der Waals surface area contributed by atoms with E-state index in [0.29, 0.717) is 16.9 Å². The number of nitrogens with zero attached hydrogens (tertiary/aromatic N) is 2. The molecule has 2 aliphatic heterocycles. The van der Waals surface area contributed by atoms with Gasteiger partial charge < -0.3 is 20.1 Å². The highest BCUT2D eigenvalue weighted by Crippen LogP contribution is 2.40. The van der Waals surface area contributed by atoms with E-state index in [2.05, 4.69) is 16.3 Å². The molecule has 6 nitrogen and oxygen atoms in total. The van der Waals surface area contributed by atoms with Crippen LogP contribution in [0.2, 0.25) is 0 Å². The van der Waals surface area contributed by atoms with E-state index in [0.717, 1.165) is 25.9 Å². The highest BCUT2D eigenvalue weighted by atomic mass is 16.5. The van der Waals surface area contributed by atoms with Gasteiger partial charge in [0.05, 0.1) is 23.6 Å². The number of nitrogens with one attached hydrogen (secondary N) is 1. The van der Waals surface area contributed by atoms with Gasteiger partial charge in [0.15, 0.2) is 0 Å². The normalized spacial score (nSPS) is 28.4. The Morgan fingerprint density at radius 1 is 1.48 bits per heavy atom. The maximum Gasteiger partial charge on any atom is 0.224 e. The summed E-state index contributed by atoms with van der Waals surface area (Å²) in [6.07, 6.45) is 0.939. The number of hydrogen-bond donors (Lipinski definition) is 2. The van der Waals surface area contributed by atoms with Crippen molar-refractivity contribution in [3.8, 4) is 11.8 Å². The number of ether oxygens (including phenoxy) is 1. The van der Waals surface area contributed by atoms with Gasteiger partial charge in [0.25, 0.3) is 0 Å². The summed E-state index contributed by atoms with van der Waals surface area (Å²) in [6, 6.07) is 6.61. The number of hydrogen-bond acceptors (Lipinski definition) is 5. The average Bonchev–Trinajstić information content (AvgIpc) is 2.58. The number of carbonyl (C=O) groups is 1. The standard InChI is InChI=1S/C19H25N3O3/c1-19(2)17(23)16(14-9-12(10-20)6-7-15(14)25-19)21-18(24)13-5-4-8-22(3)11-13/h6-7,9,13,16-17,23H,4-5,8,11H2,1-3H3,(H,21,24). The van der Waals surface area contributed by atoms with Gasteiger partial charge in [0.1, 0.15) is 17.5 Å². The average molecular weight is 343 g/mol. The first-order valence-corrected chi connectivity index (χ1v) is 8.72. The van der Waals surface area contributed by atoms with Gasteiger partial charge >= 0.3 is 0 Å². The number of likely N-dealkylation sites (tertiary alicyclic amines) is 1. The summed E-state index contributed by atoms with van der Waals surface area (Å²) >= 11 is 0. The molecule has 1 aromatic rings. The lowest BCUT2D eigenvalue weighted by atomic mass is 9.85. The lowest BCUT2D eigenvalue weighted by Gasteiger charge is -2.43. The van der Waals surface area contributed by atoms with E-state index < -0.39 is 17.7 Å². The van der Waals surface area contributed by atoms with E-state index in [1.807, 2.05) is 7.05 Å². The molecule has 3 rings (SSSR count). The molecule has 1 saturated heterocycles. The molecule has 3 atom stereocenters. The van der Waals surface area contributed by atoms with Crippen molar-refractivity contribution in [1.82, 2.24) is 10.2 Å². The minimum atomic E-state index is -0.904. The summed E-state index contributed by atoms with van der Waals surface area (Å²) in [5.74, 6) is 0.460. The molecule has 1 amide bonds. The Labute approximate surface area is 148 Å². The molecule has 0 bridgehead atoms. The van der Waals surface area contributed by atoms with E-state index in [1.54, 1.807) is 32.0 Å². The summed E-state index contributed by atoms with van der Waals surface area (Å²) < 4.78 is 5.89. The molecule has 0 aromatic heterocycles. The van der Waals surface area contributed by atoms with Crippen LogP contribution in [0.4, 0.5) is 0 Å². The molecule has 0 spiro atoms. The van der Waals surface area contributed by atoms with Gasteiger partial charge in [-0.05, 0) is 58.5 Å². The number of fused-ring (bicyclic) bond motifs is 1. The SMILES string of the molecule is CN1CCCC(C(=O)NC2c3cc(C#N)ccc3OC(C)(C)C2O)C1. The zero-order chi connectivity index (χ0) is 18.2.